The number of rotatable bonds is 3. The average molecular weight is 265 g/mol. The highest BCUT2D eigenvalue weighted by molar-refractivity contribution is 5.30. The molecule has 3 rings (SSSR count). The van der Waals surface area contributed by atoms with Crippen LogP contribution in [0.5, 0.6) is 0 Å². The largest absolute Gasteiger partial charge is 0.298 e. The van der Waals surface area contributed by atoms with Gasteiger partial charge in [-0.05, 0) is 35.9 Å². The van der Waals surface area contributed by atoms with Gasteiger partial charge in [-0.3, -0.25) is 4.90 Å². The van der Waals surface area contributed by atoms with Crippen LogP contribution in [0.4, 0.5) is 0 Å². The molecule has 0 amide bonds. The molecule has 1 fully saturated rings. The van der Waals surface area contributed by atoms with Crippen LogP contribution < -0.4 is 0 Å². The first-order chi connectivity index (χ1) is 9.81. The first-order valence-corrected chi connectivity index (χ1v) is 7.64. The molecule has 1 saturated heterocycles. The molecule has 0 N–H and O–H groups in total. The minimum Gasteiger partial charge on any atom is -0.298 e. The molecule has 1 aromatic carbocycles. The van der Waals surface area contributed by atoms with Crippen LogP contribution >= 0.6 is 0 Å². The van der Waals surface area contributed by atoms with Crippen LogP contribution in [0.1, 0.15) is 18.9 Å². The van der Waals surface area contributed by atoms with Gasteiger partial charge in [-0.1, -0.05) is 67.6 Å². The zero-order chi connectivity index (χ0) is 13.8. The third kappa shape index (κ3) is 3.29. The first kappa shape index (κ1) is 13.4. The van der Waals surface area contributed by atoms with Crippen LogP contribution in [-0.2, 0) is 6.54 Å². The fraction of sp³-hybridized carbons (Fsp3) is 0.368. The SMILES string of the molecule is CC1C=CC=CC(C2CCN(Cc3ccccc3)C2)=C1. The van der Waals surface area contributed by atoms with Gasteiger partial charge in [0, 0.05) is 13.1 Å². The van der Waals surface area contributed by atoms with E-state index in [0.717, 1.165) is 6.54 Å². The maximum Gasteiger partial charge on any atom is 0.0233 e. The second-order valence-corrected chi connectivity index (χ2v) is 5.98. The molecule has 2 aliphatic rings. The van der Waals surface area contributed by atoms with Crippen LogP contribution in [0.2, 0.25) is 0 Å². The number of nitrogens with zero attached hydrogens (tertiary/aromatic N) is 1. The molecular formula is C19H23N. The molecule has 104 valence electrons. The van der Waals surface area contributed by atoms with E-state index in [0.29, 0.717) is 11.8 Å². The summed E-state index contributed by atoms with van der Waals surface area (Å²) < 4.78 is 0. The second kappa shape index (κ2) is 6.23. The van der Waals surface area contributed by atoms with Gasteiger partial charge in [0.2, 0.25) is 0 Å². The Morgan fingerprint density at radius 1 is 1.15 bits per heavy atom. The molecule has 1 aromatic rings. The van der Waals surface area contributed by atoms with E-state index in [1.807, 2.05) is 0 Å². The lowest BCUT2D eigenvalue weighted by Crippen LogP contribution is -2.20. The van der Waals surface area contributed by atoms with Crippen molar-refractivity contribution in [2.75, 3.05) is 13.1 Å². The van der Waals surface area contributed by atoms with Gasteiger partial charge in [0.1, 0.15) is 0 Å². The average Bonchev–Trinajstić information content (AvgIpc) is 2.81. The zero-order valence-electron chi connectivity index (χ0n) is 12.2. The first-order valence-electron chi connectivity index (χ1n) is 7.64. The Morgan fingerprint density at radius 3 is 2.85 bits per heavy atom. The van der Waals surface area contributed by atoms with Gasteiger partial charge < -0.3 is 0 Å². The van der Waals surface area contributed by atoms with E-state index in [-0.39, 0.29) is 0 Å². The minimum atomic E-state index is 0.558. The topological polar surface area (TPSA) is 3.24 Å². The standard InChI is InChI=1S/C19H23N/c1-16-7-5-6-10-18(13-16)19-11-12-20(15-19)14-17-8-3-2-4-9-17/h2-10,13,16,19H,11-12,14-15H2,1H3. The molecule has 1 heterocycles. The van der Waals surface area contributed by atoms with Crippen LogP contribution in [0.15, 0.2) is 66.3 Å². The predicted molar refractivity (Wildman–Crippen MR) is 85.4 cm³/mol. The van der Waals surface area contributed by atoms with E-state index in [1.54, 1.807) is 0 Å². The van der Waals surface area contributed by atoms with Crippen molar-refractivity contribution in [3.05, 3.63) is 71.8 Å². The van der Waals surface area contributed by atoms with Gasteiger partial charge >= 0.3 is 0 Å². The molecule has 0 spiro atoms. The summed E-state index contributed by atoms with van der Waals surface area (Å²) in [5, 5.41) is 0. The smallest absolute Gasteiger partial charge is 0.0233 e. The molecule has 1 nitrogen and oxygen atoms in total. The van der Waals surface area contributed by atoms with Crippen molar-refractivity contribution < 1.29 is 0 Å². The van der Waals surface area contributed by atoms with E-state index < -0.39 is 0 Å². The van der Waals surface area contributed by atoms with E-state index in [4.69, 9.17) is 0 Å². The third-order valence-electron chi connectivity index (χ3n) is 4.26. The van der Waals surface area contributed by atoms with E-state index in [9.17, 15) is 0 Å². The van der Waals surface area contributed by atoms with E-state index in [2.05, 4.69) is 72.5 Å². The van der Waals surface area contributed by atoms with E-state index in [1.165, 1.54) is 30.6 Å². The van der Waals surface area contributed by atoms with Gasteiger partial charge in [-0.2, -0.15) is 0 Å². The van der Waals surface area contributed by atoms with Crippen LogP contribution in [0, 0.1) is 11.8 Å². The highest BCUT2D eigenvalue weighted by atomic mass is 15.1. The molecule has 1 aliphatic carbocycles. The van der Waals surface area contributed by atoms with Crippen molar-refractivity contribution in [3.8, 4) is 0 Å². The summed E-state index contributed by atoms with van der Waals surface area (Å²) in [6.07, 6.45) is 12.6. The molecule has 1 heteroatoms. The Morgan fingerprint density at radius 2 is 2.00 bits per heavy atom. The zero-order valence-corrected chi connectivity index (χ0v) is 12.2. The molecule has 1 aliphatic heterocycles. The molecule has 0 radical (unpaired) electrons. The summed E-state index contributed by atoms with van der Waals surface area (Å²) >= 11 is 0. The van der Waals surface area contributed by atoms with Crippen molar-refractivity contribution in [2.45, 2.75) is 19.9 Å². The highest BCUT2D eigenvalue weighted by Crippen LogP contribution is 2.28. The Kier molecular flexibility index (Phi) is 4.17. The van der Waals surface area contributed by atoms with Gasteiger partial charge in [0.25, 0.3) is 0 Å². The highest BCUT2D eigenvalue weighted by Gasteiger charge is 2.24. The van der Waals surface area contributed by atoms with Crippen LogP contribution in [0.25, 0.3) is 0 Å². The molecule has 20 heavy (non-hydrogen) atoms. The maximum atomic E-state index is 2.58. The normalized spacial score (nSPS) is 26.6. The van der Waals surface area contributed by atoms with E-state index >= 15 is 0 Å². The Labute approximate surface area is 122 Å². The molecule has 0 bridgehead atoms. The summed E-state index contributed by atoms with van der Waals surface area (Å²) in [6, 6.07) is 10.8. The Hall–Kier alpha value is -1.60. The van der Waals surface area contributed by atoms with Gasteiger partial charge in [0.15, 0.2) is 0 Å². The Balaban J connectivity index is 1.62. The predicted octanol–water partition coefficient (Wildman–Crippen LogP) is 4.20. The molecular weight excluding hydrogens is 242 g/mol. The fourth-order valence-corrected chi connectivity index (χ4v) is 3.18. The minimum absolute atomic E-state index is 0.558. The van der Waals surface area contributed by atoms with Gasteiger partial charge in [-0.15, -0.1) is 0 Å². The summed E-state index contributed by atoms with van der Waals surface area (Å²) in [5.74, 6) is 1.26. The molecule has 2 atom stereocenters. The fourth-order valence-electron chi connectivity index (χ4n) is 3.18. The number of benzene rings is 1. The summed E-state index contributed by atoms with van der Waals surface area (Å²) in [5.41, 5.74) is 2.95. The maximum absolute atomic E-state index is 2.58. The van der Waals surface area contributed by atoms with Crippen molar-refractivity contribution >= 4 is 0 Å². The molecule has 2 unspecified atom stereocenters. The summed E-state index contributed by atoms with van der Waals surface area (Å²) in [4.78, 5) is 2.58. The number of allylic oxidation sites excluding steroid dienone is 5. The van der Waals surface area contributed by atoms with Crippen LogP contribution in [0.3, 0.4) is 0 Å². The van der Waals surface area contributed by atoms with Crippen molar-refractivity contribution in [1.29, 1.82) is 0 Å². The number of likely N-dealkylation sites (tertiary alicyclic amines) is 1. The second-order valence-electron chi connectivity index (χ2n) is 5.98. The van der Waals surface area contributed by atoms with Gasteiger partial charge in [0.05, 0.1) is 0 Å². The Bertz CT molecular complexity index is 524. The lowest BCUT2D eigenvalue weighted by Gasteiger charge is -2.17. The monoisotopic (exact) mass is 265 g/mol. The van der Waals surface area contributed by atoms with Crippen molar-refractivity contribution in [3.63, 3.8) is 0 Å². The number of hydrogen-bond donors (Lipinski definition) is 0. The quantitative estimate of drug-likeness (QED) is 0.792. The van der Waals surface area contributed by atoms with Crippen molar-refractivity contribution in [2.24, 2.45) is 11.8 Å². The lowest BCUT2D eigenvalue weighted by molar-refractivity contribution is 0.323. The molecule has 0 aromatic heterocycles. The summed E-state index contributed by atoms with van der Waals surface area (Å²) in [7, 11) is 0. The van der Waals surface area contributed by atoms with Gasteiger partial charge in [-0.25, -0.2) is 0 Å². The molecule has 0 saturated carbocycles. The van der Waals surface area contributed by atoms with Crippen LogP contribution in [-0.4, -0.2) is 18.0 Å². The number of hydrogen-bond acceptors (Lipinski definition) is 1. The third-order valence-corrected chi connectivity index (χ3v) is 4.26. The lowest BCUT2D eigenvalue weighted by atomic mass is 9.95. The summed E-state index contributed by atoms with van der Waals surface area (Å²) in [6.45, 7) is 5.76. The van der Waals surface area contributed by atoms with Crippen molar-refractivity contribution in [1.82, 2.24) is 4.90 Å².